The Morgan fingerprint density at radius 3 is 2.93 bits per heavy atom. The van der Waals surface area contributed by atoms with Crippen molar-refractivity contribution in [3.63, 3.8) is 0 Å². The summed E-state index contributed by atoms with van der Waals surface area (Å²) in [5.74, 6) is 0.136. The van der Waals surface area contributed by atoms with Gasteiger partial charge >= 0.3 is 0 Å². The van der Waals surface area contributed by atoms with E-state index in [4.69, 9.17) is 20.6 Å². The number of amidine groups is 1. The highest BCUT2D eigenvalue weighted by molar-refractivity contribution is 5.82. The molecule has 0 amide bonds. The summed E-state index contributed by atoms with van der Waals surface area (Å²) in [5, 5.41) is 7.39. The van der Waals surface area contributed by atoms with Crippen molar-refractivity contribution in [3.8, 4) is 0 Å². The number of nitrogens with two attached hydrogens (primary N) is 1. The third-order valence-electron chi connectivity index (χ3n) is 3.10. The molecule has 2 atom stereocenters. The highest BCUT2D eigenvalue weighted by atomic mass is 16.5. The summed E-state index contributed by atoms with van der Waals surface area (Å²) < 4.78 is 10.9. The van der Waals surface area contributed by atoms with Gasteiger partial charge in [0.2, 0.25) is 0 Å². The van der Waals surface area contributed by atoms with E-state index in [9.17, 15) is 0 Å². The largest absolute Gasteiger partial charge is 0.385 e. The lowest BCUT2D eigenvalue weighted by molar-refractivity contribution is -0.0481. The number of hydrogen-bond acceptors (Lipinski definition) is 4. The first-order valence-electron chi connectivity index (χ1n) is 5.54. The summed E-state index contributed by atoms with van der Waals surface area (Å²) in [7, 11) is 0. The maximum Gasteiger partial charge on any atom is 0.127 e. The lowest BCUT2D eigenvalue weighted by atomic mass is 10.1. The standard InChI is InChI=1S/C10H19N3O2/c11-10(12)9-6-13(3-5-15-9)8-2-1-4-14-7-8/h8-9H,1-7H2,(H3,11,12). The van der Waals surface area contributed by atoms with Crippen LogP contribution in [-0.2, 0) is 9.47 Å². The van der Waals surface area contributed by atoms with Crippen molar-refractivity contribution in [2.75, 3.05) is 32.9 Å². The maximum atomic E-state index is 7.39. The van der Waals surface area contributed by atoms with Crippen LogP contribution in [0.1, 0.15) is 12.8 Å². The third kappa shape index (κ3) is 2.68. The summed E-state index contributed by atoms with van der Waals surface area (Å²) in [5.41, 5.74) is 5.46. The van der Waals surface area contributed by atoms with Crippen molar-refractivity contribution >= 4 is 5.84 Å². The van der Waals surface area contributed by atoms with E-state index in [1.165, 1.54) is 6.42 Å². The van der Waals surface area contributed by atoms with Crippen molar-refractivity contribution in [1.29, 1.82) is 5.41 Å². The van der Waals surface area contributed by atoms with Crippen LogP contribution in [0.5, 0.6) is 0 Å². The van der Waals surface area contributed by atoms with Gasteiger partial charge in [-0.2, -0.15) is 0 Å². The molecule has 2 aliphatic rings. The molecular formula is C10H19N3O2. The van der Waals surface area contributed by atoms with Crippen LogP contribution in [0.15, 0.2) is 0 Å². The average molecular weight is 213 g/mol. The first kappa shape index (κ1) is 10.9. The van der Waals surface area contributed by atoms with Gasteiger partial charge in [-0.25, -0.2) is 0 Å². The van der Waals surface area contributed by atoms with Crippen molar-refractivity contribution in [1.82, 2.24) is 4.90 Å². The minimum atomic E-state index is -0.222. The Labute approximate surface area is 90.0 Å². The Kier molecular flexibility index (Phi) is 3.56. The molecule has 0 aromatic rings. The van der Waals surface area contributed by atoms with Crippen LogP contribution >= 0.6 is 0 Å². The topological polar surface area (TPSA) is 71.6 Å². The number of rotatable bonds is 2. The fourth-order valence-electron chi connectivity index (χ4n) is 2.20. The summed E-state index contributed by atoms with van der Waals surface area (Å²) in [6, 6.07) is 0.490. The van der Waals surface area contributed by atoms with E-state index in [1.807, 2.05) is 0 Å². The molecule has 15 heavy (non-hydrogen) atoms. The minimum absolute atomic E-state index is 0.136. The van der Waals surface area contributed by atoms with E-state index in [0.717, 1.165) is 32.7 Å². The van der Waals surface area contributed by atoms with E-state index in [0.29, 0.717) is 12.6 Å². The SMILES string of the molecule is N=C(N)C1CN(C2CCCOC2)CCO1. The van der Waals surface area contributed by atoms with Gasteiger partial charge in [-0.3, -0.25) is 10.3 Å². The molecule has 2 aliphatic heterocycles. The summed E-state index contributed by atoms with van der Waals surface area (Å²) in [4.78, 5) is 2.34. The van der Waals surface area contributed by atoms with Gasteiger partial charge in [0.25, 0.3) is 0 Å². The first-order valence-corrected chi connectivity index (χ1v) is 5.54. The molecule has 2 fully saturated rings. The third-order valence-corrected chi connectivity index (χ3v) is 3.10. The predicted molar refractivity (Wildman–Crippen MR) is 57.1 cm³/mol. The van der Waals surface area contributed by atoms with E-state index in [2.05, 4.69) is 4.90 Å². The molecule has 0 radical (unpaired) electrons. The normalized spacial score (nSPS) is 33.9. The zero-order valence-corrected chi connectivity index (χ0v) is 8.95. The lowest BCUT2D eigenvalue weighted by Gasteiger charge is -2.39. The molecular weight excluding hydrogens is 194 g/mol. The summed E-state index contributed by atoms with van der Waals surface area (Å²) in [6.07, 6.45) is 2.10. The first-order chi connectivity index (χ1) is 7.27. The van der Waals surface area contributed by atoms with Crippen LogP contribution in [0.4, 0.5) is 0 Å². The maximum absolute atomic E-state index is 7.39. The van der Waals surface area contributed by atoms with Crippen LogP contribution in [-0.4, -0.2) is 55.8 Å². The molecule has 5 heteroatoms. The Morgan fingerprint density at radius 1 is 1.40 bits per heavy atom. The predicted octanol–water partition coefficient (Wildman–Crippen LogP) is -0.198. The Bertz CT molecular complexity index is 229. The van der Waals surface area contributed by atoms with E-state index < -0.39 is 0 Å². The molecule has 2 saturated heterocycles. The second-order valence-electron chi connectivity index (χ2n) is 4.18. The highest BCUT2D eigenvalue weighted by Crippen LogP contribution is 2.16. The minimum Gasteiger partial charge on any atom is -0.385 e. The molecule has 86 valence electrons. The number of hydrogen-bond donors (Lipinski definition) is 2. The molecule has 3 N–H and O–H groups in total. The van der Waals surface area contributed by atoms with Gasteiger partial charge < -0.3 is 15.2 Å². The van der Waals surface area contributed by atoms with Crippen molar-refractivity contribution in [2.24, 2.45) is 5.73 Å². The van der Waals surface area contributed by atoms with Crippen LogP contribution in [0.3, 0.4) is 0 Å². The van der Waals surface area contributed by atoms with Crippen LogP contribution in [0.2, 0.25) is 0 Å². The monoisotopic (exact) mass is 213 g/mol. The molecule has 2 unspecified atom stereocenters. The summed E-state index contributed by atoms with van der Waals surface area (Å²) in [6.45, 7) is 4.03. The van der Waals surface area contributed by atoms with Crippen molar-refractivity contribution < 1.29 is 9.47 Å². The van der Waals surface area contributed by atoms with E-state index in [1.54, 1.807) is 0 Å². The van der Waals surface area contributed by atoms with Gasteiger partial charge in [0.05, 0.1) is 13.2 Å². The molecule has 2 rings (SSSR count). The highest BCUT2D eigenvalue weighted by Gasteiger charge is 2.28. The van der Waals surface area contributed by atoms with Crippen molar-refractivity contribution in [3.05, 3.63) is 0 Å². The molecule has 0 saturated carbocycles. The zero-order chi connectivity index (χ0) is 10.7. The molecule has 0 aromatic heterocycles. The second-order valence-corrected chi connectivity index (χ2v) is 4.18. The van der Waals surface area contributed by atoms with E-state index >= 15 is 0 Å². The number of nitrogens with one attached hydrogen (secondary N) is 1. The smallest absolute Gasteiger partial charge is 0.127 e. The fourth-order valence-corrected chi connectivity index (χ4v) is 2.20. The number of morpholine rings is 1. The number of ether oxygens (including phenoxy) is 2. The van der Waals surface area contributed by atoms with Crippen molar-refractivity contribution in [2.45, 2.75) is 25.0 Å². The summed E-state index contributed by atoms with van der Waals surface area (Å²) >= 11 is 0. The van der Waals surface area contributed by atoms with Gasteiger partial charge in [-0.05, 0) is 12.8 Å². The molecule has 0 aliphatic carbocycles. The second kappa shape index (κ2) is 4.92. The fraction of sp³-hybridized carbons (Fsp3) is 0.900. The molecule has 0 spiro atoms. The Hall–Kier alpha value is -0.650. The quantitative estimate of drug-likeness (QED) is 0.492. The molecule has 0 bridgehead atoms. The lowest BCUT2D eigenvalue weighted by Crippen LogP contribution is -2.53. The van der Waals surface area contributed by atoms with Crippen LogP contribution < -0.4 is 5.73 Å². The van der Waals surface area contributed by atoms with Crippen LogP contribution in [0, 0.1) is 5.41 Å². The Balaban J connectivity index is 1.88. The van der Waals surface area contributed by atoms with E-state index in [-0.39, 0.29) is 11.9 Å². The van der Waals surface area contributed by atoms with Gasteiger partial charge in [0.15, 0.2) is 0 Å². The zero-order valence-electron chi connectivity index (χ0n) is 8.95. The van der Waals surface area contributed by atoms with Gasteiger partial charge in [0, 0.05) is 25.7 Å². The van der Waals surface area contributed by atoms with Gasteiger partial charge in [-0.1, -0.05) is 0 Å². The van der Waals surface area contributed by atoms with Gasteiger partial charge in [-0.15, -0.1) is 0 Å². The number of nitrogens with zero attached hydrogens (tertiary/aromatic N) is 1. The van der Waals surface area contributed by atoms with Crippen LogP contribution in [0.25, 0.3) is 0 Å². The molecule has 0 aromatic carbocycles. The Morgan fingerprint density at radius 2 is 2.27 bits per heavy atom. The molecule has 5 nitrogen and oxygen atoms in total. The van der Waals surface area contributed by atoms with Gasteiger partial charge in [0.1, 0.15) is 11.9 Å². The molecule has 2 heterocycles. The average Bonchev–Trinajstić information content (AvgIpc) is 2.30.